The monoisotopic (exact) mass is 412 g/mol. The summed E-state index contributed by atoms with van der Waals surface area (Å²) in [6.07, 6.45) is -1.59. The molecule has 27 heavy (non-hydrogen) atoms. The Balaban J connectivity index is 1.94. The van der Waals surface area contributed by atoms with Crippen LogP contribution in [0, 0.1) is 0 Å². The number of carbonyl (C=O) groups is 1. The largest absolute Gasteiger partial charge is 0.434 e. The molecule has 0 N–H and O–H groups in total. The molecule has 0 saturated heterocycles. The fraction of sp³-hybridized carbons (Fsp3) is 0.368. The highest BCUT2D eigenvalue weighted by Crippen LogP contribution is 2.34. The molecule has 0 unspecified atom stereocenters. The molecule has 1 aliphatic rings. The van der Waals surface area contributed by atoms with Crippen molar-refractivity contribution in [2.45, 2.75) is 38.2 Å². The molecule has 1 fully saturated rings. The van der Waals surface area contributed by atoms with E-state index in [1.54, 1.807) is 11.0 Å². The normalized spacial score (nSPS) is 14.9. The molecule has 0 bridgehead atoms. The first kappa shape index (κ1) is 19.9. The third kappa shape index (κ3) is 4.35. The van der Waals surface area contributed by atoms with E-state index in [0.29, 0.717) is 11.2 Å². The van der Waals surface area contributed by atoms with Crippen LogP contribution in [0.15, 0.2) is 42.6 Å². The summed E-state index contributed by atoms with van der Waals surface area (Å²) in [5.74, 6) is -0.606. The topological polar surface area (TPSA) is 33.2 Å². The number of rotatable bonds is 5. The van der Waals surface area contributed by atoms with Crippen molar-refractivity contribution in [3.63, 3.8) is 0 Å². The predicted molar refractivity (Wildman–Crippen MR) is 102 cm³/mol. The molecule has 1 aliphatic carbocycles. The van der Waals surface area contributed by atoms with E-state index in [9.17, 15) is 18.0 Å². The van der Waals surface area contributed by atoms with E-state index in [4.69, 9.17) is 11.6 Å². The molecule has 1 aromatic carbocycles. The summed E-state index contributed by atoms with van der Waals surface area (Å²) in [5, 5.41) is 1.63. The van der Waals surface area contributed by atoms with Gasteiger partial charge in [-0.1, -0.05) is 42.9 Å². The molecule has 0 atom stereocenters. The first-order valence-corrected chi connectivity index (χ1v) is 12.3. The summed E-state index contributed by atoms with van der Waals surface area (Å²) in [5.41, 5.74) is -1.52. The predicted octanol–water partition coefficient (Wildman–Crippen LogP) is 4.51. The number of halogens is 4. The SMILES string of the molecule is C[Si](C)(CN(C(=O)c1cccnc1C(F)(F)F)C1CC1)c1ccccc1Cl. The Morgan fingerprint density at radius 3 is 2.48 bits per heavy atom. The first-order valence-electron chi connectivity index (χ1n) is 8.69. The van der Waals surface area contributed by atoms with Crippen LogP contribution < -0.4 is 5.19 Å². The van der Waals surface area contributed by atoms with Gasteiger partial charge in [0.1, 0.15) is 8.07 Å². The number of hydrogen-bond donors (Lipinski definition) is 0. The Labute approximate surface area is 162 Å². The maximum absolute atomic E-state index is 13.3. The molecular formula is C19H20ClF3N2OSi. The molecule has 1 saturated carbocycles. The van der Waals surface area contributed by atoms with Crippen LogP contribution in [-0.4, -0.2) is 36.1 Å². The number of benzene rings is 1. The summed E-state index contributed by atoms with van der Waals surface area (Å²) in [6, 6.07) is 10.0. The highest BCUT2D eigenvalue weighted by atomic mass is 35.5. The lowest BCUT2D eigenvalue weighted by Gasteiger charge is -2.33. The third-order valence-electron chi connectivity index (χ3n) is 4.72. The van der Waals surface area contributed by atoms with Crippen LogP contribution in [0.25, 0.3) is 0 Å². The minimum absolute atomic E-state index is 0.0203. The summed E-state index contributed by atoms with van der Waals surface area (Å²) in [6.45, 7) is 4.15. The zero-order valence-corrected chi connectivity index (χ0v) is 16.8. The number of amides is 1. The molecule has 0 spiro atoms. The van der Waals surface area contributed by atoms with Gasteiger partial charge in [-0.25, -0.2) is 0 Å². The Kier molecular flexibility index (Phi) is 5.36. The lowest BCUT2D eigenvalue weighted by molar-refractivity contribution is -0.141. The van der Waals surface area contributed by atoms with Crippen LogP contribution in [0.4, 0.5) is 13.2 Å². The van der Waals surface area contributed by atoms with Crippen LogP contribution >= 0.6 is 11.6 Å². The smallest absolute Gasteiger partial charge is 0.338 e. The Hall–Kier alpha value is -1.86. The Morgan fingerprint density at radius 2 is 1.89 bits per heavy atom. The van der Waals surface area contributed by atoms with Crippen molar-refractivity contribution in [3.8, 4) is 0 Å². The quantitative estimate of drug-likeness (QED) is 0.677. The number of pyridine rings is 1. The van der Waals surface area contributed by atoms with Crippen molar-refractivity contribution in [2.24, 2.45) is 0 Å². The Bertz CT molecular complexity index is 853. The lowest BCUT2D eigenvalue weighted by Crippen LogP contribution is -2.54. The van der Waals surface area contributed by atoms with E-state index >= 15 is 0 Å². The number of nitrogens with zero attached hydrogens (tertiary/aromatic N) is 2. The van der Waals surface area contributed by atoms with E-state index in [-0.39, 0.29) is 11.6 Å². The van der Waals surface area contributed by atoms with Crippen LogP contribution in [0.2, 0.25) is 18.1 Å². The average molecular weight is 413 g/mol. The highest BCUT2D eigenvalue weighted by molar-refractivity contribution is 6.91. The van der Waals surface area contributed by atoms with Gasteiger partial charge in [-0.15, -0.1) is 0 Å². The molecule has 3 nitrogen and oxygen atoms in total. The maximum atomic E-state index is 13.3. The second-order valence-electron chi connectivity index (χ2n) is 7.43. The third-order valence-corrected chi connectivity index (χ3v) is 8.24. The molecule has 144 valence electrons. The maximum Gasteiger partial charge on any atom is 0.434 e. The van der Waals surface area contributed by atoms with E-state index in [1.807, 2.05) is 18.2 Å². The van der Waals surface area contributed by atoms with Gasteiger partial charge in [0, 0.05) is 23.4 Å². The van der Waals surface area contributed by atoms with Crippen LogP contribution in [0.1, 0.15) is 28.9 Å². The van der Waals surface area contributed by atoms with Gasteiger partial charge in [0.15, 0.2) is 5.69 Å². The second-order valence-corrected chi connectivity index (χ2v) is 12.5. The molecular weight excluding hydrogens is 393 g/mol. The fourth-order valence-electron chi connectivity index (χ4n) is 3.23. The van der Waals surface area contributed by atoms with Crippen molar-refractivity contribution < 1.29 is 18.0 Å². The molecule has 0 aliphatic heterocycles. The number of hydrogen-bond acceptors (Lipinski definition) is 2. The van der Waals surface area contributed by atoms with Crippen LogP contribution in [0.3, 0.4) is 0 Å². The van der Waals surface area contributed by atoms with Crippen molar-refractivity contribution >= 4 is 30.8 Å². The van der Waals surface area contributed by atoms with Gasteiger partial charge in [0.2, 0.25) is 0 Å². The minimum Gasteiger partial charge on any atom is -0.338 e. The van der Waals surface area contributed by atoms with Crippen LogP contribution in [0.5, 0.6) is 0 Å². The van der Waals surface area contributed by atoms with Crippen molar-refractivity contribution in [3.05, 3.63) is 58.9 Å². The van der Waals surface area contributed by atoms with Gasteiger partial charge >= 0.3 is 6.18 Å². The summed E-state index contributed by atoms with van der Waals surface area (Å²) in [7, 11) is -2.20. The van der Waals surface area contributed by atoms with Gasteiger partial charge in [-0.3, -0.25) is 9.78 Å². The average Bonchev–Trinajstić information content (AvgIpc) is 3.43. The minimum atomic E-state index is -4.67. The molecule has 8 heteroatoms. The molecule has 2 aromatic rings. The summed E-state index contributed by atoms with van der Waals surface area (Å²) >= 11 is 6.34. The summed E-state index contributed by atoms with van der Waals surface area (Å²) in [4.78, 5) is 18.1. The molecule has 1 amide bonds. The van der Waals surface area contributed by atoms with Crippen molar-refractivity contribution in [1.29, 1.82) is 0 Å². The fourth-order valence-corrected chi connectivity index (χ4v) is 6.84. The molecule has 1 heterocycles. The number of alkyl halides is 3. The number of aromatic nitrogens is 1. The standard InChI is InChI=1S/C19H20ClF3N2OSi/c1-27(2,16-8-4-3-7-15(16)20)12-25(13-9-10-13)18(26)14-6-5-11-24-17(14)19(21,22)23/h3-8,11,13H,9-10,12H2,1-2H3. The van der Waals surface area contributed by atoms with E-state index in [1.165, 1.54) is 12.1 Å². The first-order chi connectivity index (χ1) is 12.6. The van der Waals surface area contributed by atoms with E-state index in [2.05, 4.69) is 18.1 Å². The Morgan fingerprint density at radius 1 is 1.22 bits per heavy atom. The number of carbonyl (C=O) groups excluding carboxylic acids is 1. The van der Waals surface area contributed by atoms with Gasteiger partial charge in [-0.05, 0) is 36.2 Å². The van der Waals surface area contributed by atoms with Crippen molar-refractivity contribution in [1.82, 2.24) is 9.88 Å². The molecule has 0 radical (unpaired) electrons. The molecule has 1 aromatic heterocycles. The van der Waals surface area contributed by atoms with E-state index < -0.39 is 25.9 Å². The van der Waals surface area contributed by atoms with Crippen molar-refractivity contribution in [2.75, 3.05) is 6.17 Å². The highest BCUT2D eigenvalue weighted by Gasteiger charge is 2.42. The van der Waals surface area contributed by atoms with Gasteiger partial charge in [0.25, 0.3) is 5.91 Å². The van der Waals surface area contributed by atoms with Gasteiger partial charge in [0.05, 0.1) is 5.56 Å². The lowest BCUT2D eigenvalue weighted by atomic mass is 10.1. The molecule has 3 rings (SSSR count). The van der Waals surface area contributed by atoms with E-state index in [0.717, 1.165) is 24.2 Å². The zero-order valence-electron chi connectivity index (χ0n) is 15.1. The van der Waals surface area contributed by atoms with Crippen LogP contribution in [-0.2, 0) is 6.18 Å². The summed E-state index contributed by atoms with van der Waals surface area (Å²) < 4.78 is 39.9. The van der Waals surface area contributed by atoms with Gasteiger partial charge in [-0.2, -0.15) is 13.2 Å². The van der Waals surface area contributed by atoms with Gasteiger partial charge < -0.3 is 4.90 Å². The second kappa shape index (κ2) is 7.28. The zero-order chi connectivity index (χ0) is 19.8.